The molecule has 4 heteroatoms. The van der Waals surface area contributed by atoms with E-state index in [1.165, 1.54) is 12.8 Å². The molecule has 1 heterocycles. The number of amides is 1. The van der Waals surface area contributed by atoms with Gasteiger partial charge in [-0.2, -0.15) is 0 Å². The molecule has 2 N–H and O–H groups in total. The van der Waals surface area contributed by atoms with E-state index < -0.39 is 5.60 Å². The smallest absolute Gasteiger partial charge is 0.223 e. The second kappa shape index (κ2) is 7.75. The number of carbonyl (C=O) groups is 1. The summed E-state index contributed by atoms with van der Waals surface area (Å²) in [6, 6.07) is 9.35. The van der Waals surface area contributed by atoms with Crippen molar-refractivity contribution in [2.45, 2.75) is 38.7 Å². The van der Waals surface area contributed by atoms with Gasteiger partial charge < -0.3 is 15.3 Å². The van der Waals surface area contributed by atoms with Crippen LogP contribution in [0, 0.1) is 5.92 Å². The van der Waals surface area contributed by atoms with Gasteiger partial charge in [-0.25, -0.2) is 0 Å². The van der Waals surface area contributed by atoms with Crippen molar-refractivity contribution < 1.29 is 9.90 Å². The van der Waals surface area contributed by atoms with Crippen LogP contribution in [-0.2, 0) is 10.4 Å². The zero-order valence-electron chi connectivity index (χ0n) is 13.7. The monoisotopic (exact) mass is 304 g/mol. The van der Waals surface area contributed by atoms with Crippen molar-refractivity contribution >= 4 is 5.91 Å². The van der Waals surface area contributed by atoms with Crippen LogP contribution in [0.5, 0.6) is 0 Å². The molecule has 122 valence electrons. The van der Waals surface area contributed by atoms with E-state index >= 15 is 0 Å². The molecule has 0 bridgehead atoms. The van der Waals surface area contributed by atoms with Crippen LogP contribution in [-0.4, -0.2) is 42.1 Å². The average Bonchev–Trinajstić information content (AvgIpc) is 2.48. The number of nitrogens with one attached hydrogen (secondary N) is 1. The quantitative estimate of drug-likeness (QED) is 0.846. The van der Waals surface area contributed by atoms with E-state index in [-0.39, 0.29) is 12.3 Å². The van der Waals surface area contributed by atoms with Gasteiger partial charge in [-0.1, -0.05) is 37.3 Å². The molecule has 1 saturated heterocycles. The maximum atomic E-state index is 12.0. The van der Waals surface area contributed by atoms with Crippen LogP contribution in [0.2, 0.25) is 0 Å². The first-order valence-electron chi connectivity index (χ1n) is 8.24. The molecule has 0 aromatic heterocycles. The van der Waals surface area contributed by atoms with Crippen LogP contribution in [0.25, 0.3) is 0 Å². The zero-order valence-corrected chi connectivity index (χ0v) is 13.7. The number of likely N-dealkylation sites (tertiary alicyclic amines) is 1. The molecule has 1 amide bonds. The largest absolute Gasteiger partial charge is 0.385 e. The van der Waals surface area contributed by atoms with Crippen molar-refractivity contribution in [2.75, 3.05) is 26.2 Å². The second-order valence-electron chi connectivity index (χ2n) is 6.71. The van der Waals surface area contributed by atoms with Crippen LogP contribution in [0.3, 0.4) is 0 Å². The lowest BCUT2D eigenvalue weighted by Gasteiger charge is -2.31. The Labute approximate surface area is 133 Å². The molecule has 1 aliphatic heterocycles. The maximum absolute atomic E-state index is 12.0. The number of carbonyl (C=O) groups excluding carboxylic acids is 1. The molecule has 1 fully saturated rings. The van der Waals surface area contributed by atoms with Crippen LogP contribution in [0.4, 0.5) is 0 Å². The Morgan fingerprint density at radius 3 is 2.82 bits per heavy atom. The molecule has 1 aromatic rings. The Kier molecular flexibility index (Phi) is 5.98. The minimum absolute atomic E-state index is 0.0907. The van der Waals surface area contributed by atoms with E-state index in [0.29, 0.717) is 6.54 Å². The summed E-state index contributed by atoms with van der Waals surface area (Å²) in [5.74, 6) is 0.655. The minimum Gasteiger partial charge on any atom is -0.385 e. The molecule has 1 aliphatic rings. The standard InChI is InChI=1S/C18H28N2O2/c1-15-7-6-11-20(14-15)12-10-19-17(21)13-18(2,22)16-8-4-3-5-9-16/h3-5,8-9,15,22H,6-7,10-14H2,1-2H3,(H,19,21). The van der Waals surface area contributed by atoms with Gasteiger partial charge in [-0.15, -0.1) is 0 Å². The van der Waals surface area contributed by atoms with Gasteiger partial charge >= 0.3 is 0 Å². The van der Waals surface area contributed by atoms with Crippen LogP contribution in [0.15, 0.2) is 30.3 Å². The van der Waals surface area contributed by atoms with Crippen molar-refractivity contribution in [1.82, 2.24) is 10.2 Å². The van der Waals surface area contributed by atoms with Crippen molar-refractivity contribution in [1.29, 1.82) is 0 Å². The summed E-state index contributed by atoms with van der Waals surface area (Å²) in [6.45, 7) is 7.76. The predicted octanol–water partition coefficient (Wildman–Crippen LogP) is 2.13. The summed E-state index contributed by atoms with van der Waals surface area (Å²) < 4.78 is 0. The third-order valence-electron chi connectivity index (χ3n) is 4.39. The summed E-state index contributed by atoms with van der Waals surface area (Å²) in [5.41, 5.74) is -0.347. The second-order valence-corrected chi connectivity index (χ2v) is 6.71. The fraction of sp³-hybridized carbons (Fsp3) is 0.611. The molecule has 0 radical (unpaired) electrons. The number of hydrogen-bond acceptors (Lipinski definition) is 3. The molecular weight excluding hydrogens is 276 g/mol. The van der Waals surface area contributed by atoms with Gasteiger partial charge in [-0.3, -0.25) is 4.79 Å². The van der Waals surface area contributed by atoms with Gasteiger partial charge in [-0.05, 0) is 37.8 Å². The number of nitrogens with zero attached hydrogens (tertiary/aromatic N) is 1. The lowest BCUT2D eigenvalue weighted by atomic mass is 9.92. The Hall–Kier alpha value is -1.39. The van der Waals surface area contributed by atoms with Crippen molar-refractivity contribution in [3.8, 4) is 0 Å². The molecule has 1 aromatic carbocycles. The van der Waals surface area contributed by atoms with E-state index in [4.69, 9.17) is 0 Å². The van der Waals surface area contributed by atoms with Crippen LogP contribution < -0.4 is 5.32 Å². The maximum Gasteiger partial charge on any atom is 0.223 e. The molecule has 4 nitrogen and oxygen atoms in total. The van der Waals surface area contributed by atoms with Crippen molar-refractivity contribution in [3.63, 3.8) is 0 Å². The highest BCUT2D eigenvalue weighted by molar-refractivity contribution is 5.77. The number of benzene rings is 1. The first kappa shape index (κ1) is 17.0. The summed E-state index contributed by atoms with van der Waals surface area (Å²) >= 11 is 0. The number of piperidine rings is 1. The topological polar surface area (TPSA) is 52.6 Å². The fourth-order valence-electron chi connectivity index (χ4n) is 3.12. The molecule has 22 heavy (non-hydrogen) atoms. The number of rotatable bonds is 6. The molecule has 2 rings (SSSR count). The third kappa shape index (κ3) is 5.11. The van der Waals surface area contributed by atoms with E-state index in [9.17, 15) is 9.90 Å². The van der Waals surface area contributed by atoms with E-state index in [1.807, 2.05) is 30.3 Å². The molecule has 0 aliphatic carbocycles. The molecule has 0 spiro atoms. The Balaban J connectivity index is 1.73. The normalized spacial score (nSPS) is 22.0. The fourth-order valence-corrected chi connectivity index (χ4v) is 3.12. The van der Waals surface area contributed by atoms with Crippen LogP contribution in [0.1, 0.15) is 38.7 Å². The SMILES string of the molecule is CC1CCCN(CCNC(=O)CC(C)(O)c2ccccc2)C1. The average molecular weight is 304 g/mol. The lowest BCUT2D eigenvalue weighted by molar-refractivity contribution is -0.125. The molecule has 0 saturated carbocycles. The number of hydrogen-bond donors (Lipinski definition) is 2. The summed E-state index contributed by atoms with van der Waals surface area (Å²) in [7, 11) is 0. The van der Waals surface area contributed by atoms with Gasteiger partial charge in [0, 0.05) is 19.6 Å². The highest BCUT2D eigenvalue weighted by Gasteiger charge is 2.26. The van der Waals surface area contributed by atoms with Crippen molar-refractivity contribution in [3.05, 3.63) is 35.9 Å². The Morgan fingerprint density at radius 2 is 2.14 bits per heavy atom. The van der Waals surface area contributed by atoms with Gasteiger partial charge in [0.05, 0.1) is 12.0 Å². The molecular formula is C18H28N2O2. The van der Waals surface area contributed by atoms with Gasteiger partial charge in [0.15, 0.2) is 0 Å². The first-order valence-corrected chi connectivity index (χ1v) is 8.24. The summed E-state index contributed by atoms with van der Waals surface area (Å²) in [6.07, 6.45) is 2.65. The highest BCUT2D eigenvalue weighted by atomic mass is 16.3. The van der Waals surface area contributed by atoms with Crippen molar-refractivity contribution in [2.24, 2.45) is 5.92 Å². The summed E-state index contributed by atoms with van der Waals surface area (Å²) in [4.78, 5) is 14.5. The van der Waals surface area contributed by atoms with Gasteiger partial charge in [0.2, 0.25) is 5.91 Å². The van der Waals surface area contributed by atoms with E-state index in [2.05, 4.69) is 17.1 Å². The zero-order chi connectivity index (χ0) is 16.0. The lowest BCUT2D eigenvalue weighted by Crippen LogP contribution is -2.41. The highest BCUT2D eigenvalue weighted by Crippen LogP contribution is 2.23. The number of aliphatic hydroxyl groups is 1. The minimum atomic E-state index is -1.12. The van der Waals surface area contributed by atoms with E-state index in [0.717, 1.165) is 31.1 Å². The first-order chi connectivity index (χ1) is 10.5. The Morgan fingerprint density at radius 1 is 1.41 bits per heavy atom. The van der Waals surface area contributed by atoms with Crippen LogP contribution >= 0.6 is 0 Å². The Bertz CT molecular complexity index is 473. The third-order valence-corrected chi connectivity index (χ3v) is 4.39. The molecule has 2 atom stereocenters. The summed E-state index contributed by atoms with van der Waals surface area (Å²) in [5, 5.41) is 13.4. The van der Waals surface area contributed by atoms with Gasteiger partial charge in [0.25, 0.3) is 0 Å². The van der Waals surface area contributed by atoms with E-state index in [1.54, 1.807) is 6.92 Å². The van der Waals surface area contributed by atoms with Gasteiger partial charge in [0.1, 0.15) is 0 Å². The predicted molar refractivity (Wildman–Crippen MR) is 88.5 cm³/mol. The molecule has 2 unspecified atom stereocenters.